The third-order valence-electron chi connectivity index (χ3n) is 2.90. The van der Waals surface area contributed by atoms with Gasteiger partial charge in [0.05, 0.1) is 5.56 Å². The molecule has 4 nitrogen and oxygen atoms in total. The Morgan fingerprint density at radius 1 is 1.47 bits per heavy atom. The summed E-state index contributed by atoms with van der Waals surface area (Å²) in [4.78, 5) is 15.7. The molecule has 0 aromatic carbocycles. The van der Waals surface area contributed by atoms with Gasteiger partial charge in [0.1, 0.15) is 5.82 Å². The van der Waals surface area contributed by atoms with E-state index in [1.165, 1.54) is 0 Å². The topological polar surface area (TPSA) is 62.2 Å². The number of thioether (sulfide) groups is 1. The first-order valence-corrected chi connectivity index (χ1v) is 7.88. The van der Waals surface area contributed by atoms with Crippen LogP contribution in [0, 0.1) is 0 Å². The van der Waals surface area contributed by atoms with Crippen LogP contribution in [-0.4, -0.2) is 34.1 Å². The lowest BCUT2D eigenvalue weighted by molar-refractivity contribution is 0.0696. The number of nitrogens with zero attached hydrogens (tertiary/aromatic N) is 1. The minimum Gasteiger partial charge on any atom is -0.478 e. The molecule has 0 amide bonds. The highest BCUT2D eigenvalue weighted by Gasteiger charge is 2.13. The third-order valence-corrected chi connectivity index (χ3v) is 3.63. The highest BCUT2D eigenvalue weighted by Crippen LogP contribution is 2.19. The predicted molar refractivity (Wildman–Crippen MR) is 81.4 cm³/mol. The summed E-state index contributed by atoms with van der Waals surface area (Å²) in [5, 5.41) is 12.5. The molecule has 0 fully saturated rings. The van der Waals surface area contributed by atoms with Crippen LogP contribution < -0.4 is 5.32 Å². The Hall–Kier alpha value is -1.23. The van der Waals surface area contributed by atoms with E-state index in [-0.39, 0.29) is 5.92 Å². The fourth-order valence-corrected chi connectivity index (χ4v) is 2.44. The van der Waals surface area contributed by atoms with Crippen molar-refractivity contribution in [2.45, 2.75) is 39.2 Å². The van der Waals surface area contributed by atoms with Gasteiger partial charge in [0.25, 0.3) is 0 Å². The molecule has 1 aromatic rings. The molecule has 0 aliphatic heterocycles. The van der Waals surface area contributed by atoms with Crippen molar-refractivity contribution in [1.82, 2.24) is 4.98 Å². The van der Waals surface area contributed by atoms with E-state index < -0.39 is 5.97 Å². The van der Waals surface area contributed by atoms with Gasteiger partial charge in [0.2, 0.25) is 0 Å². The first-order chi connectivity index (χ1) is 8.97. The number of rotatable bonds is 7. The quantitative estimate of drug-likeness (QED) is 0.802. The van der Waals surface area contributed by atoms with E-state index in [0.717, 1.165) is 17.9 Å². The molecule has 1 unspecified atom stereocenters. The van der Waals surface area contributed by atoms with E-state index >= 15 is 0 Å². The lowest BCUT2D eigenvalue weighted by Crippen LogP contribution is -2.22. The number of hydrogen-bond donors (Lipinski definition) is 2. The maximum atomic E-state index is 11.1. The van der Waals surface area contributed by atoms with Gasteiger partial charge in [-0.05, 0) is 30.7 Å². The molecule has 1 aromatic heterocycles. The maximum Gasteiger partial charge on any atom is 0.335 e. The van der Waals surface area contributed by atoms with Crippen LogP contribution in [0.3, 0.4) is 0 Å². The van der Waals surface area contributed by atoms with Crippen molar-refractivity contribution >= 4 is 23.5 Å². The number of carboxylic acid groups (broad SMARTS) is 1. The largest absolute Gasteiger partial charge is 0.478 e. The lowest BCUT2D eigenvalue weighted by Gasteiger charge is -2.18. The molecule has 106 valence electrons. The maximum absolute atomic E-state index is 11.1. The number of pyridine rings is 1. The molecule has 0 saturated carbocycles. The normalized spacial score (nSPS) is 12.5. The average molecular weight is 282 g/mol. The summed E-state index contributed by atoms with van der Waals surface area (Å²) in [6.45, 7) is 6.13. The molecule has 0 saturated heterocycles. The first-order valence-electron chi connectivity index (χ1n) is 6.48. The third kappa shape index (κ3) is 4.74. The molecule has 5 heteroatoms. The summed E-state index contributed by atoms with van der Waals surface area (Å²) in [6, 6.07) is 3.57. The standard InChI is InChI=1S/C14H22N2O2S/c1-5-11(8-19-4)15-13-7-10(14(17)18)6-12(16-13)9(2)3/h6-7,9,11H,5,8H2,1-4H3,(H,15,16)(H,17,18). The van der Waals surface area contributed by atoms with Crippen molar-refractivity contribution < 1.29 is 9.90 Å². The lowest BCUT2D eigenvalue weighted by atomic mass is 10.1. The molecular weight excluding hydrogens is 260 g/mol. The number of anilines is 1. The van der Waals surface area contributed by atoms with Gasteiger partial charge in [-0.3, -0.25) is 0 Å². The van der Waals surface area contributed by atoms with E-state index in [1.807, 2.05) is 13.8 Å². The Balaban J connectivity index is 3.01. The number of hydrogen-bond acceptors (Lipinski definition) is 4. The van der Waals surface area contributed by atoms with Gasteiger partial charge < -0.3 is 10.4 Å². The predicted octanol–water partition coefficient (Wildman–Crippen LogP) is 3.46. The Labute approximate surface area is 119 Å². The monoisotopic (exact) mass is 282 g/mol. The van der Waals surface area contributed by atoms with Crippen LogP contribution in [0.1, 0.15) is 49.2 Å². The zero-order valence-electron chi connectivity index (χ0n) is 11.9. The van der Waals surface area contributed by atoms with Crippen LogP contribution in [0.5, 0.6) is 0 Å². The summed E-state index contributed by atoms with van der Waals surface area (Å²) in [6.07, 6.45) is 3.04. The summed E-state index contributed by atoms with van der Waals surface area (Å²) >= 11 is 1.77. The molecule has 1 rings (SSSR count). The van der Waals surface area contributed by atoms with E-state index in [0.29, 0.717) is 17.4 Å². The van der Waals surface area contributed by atoms with Gasteiger partial charge in [-0.1, -0.05) is 20.8 Å². The number of carboxylic acids is 1. The highest BCUT2D eigenvalue weighted by molar-refractivity contribution is 7.98. The van der Waals surface area contributed by atoms with Gasteiger partial charge in [-0.2, -0.15) is 11.8 Å². The first kappa shape index (κ1) is 15.8. The molecule has 0 spiro atoms. The Morgan fingerprint density at radius 2 is 2.16 bits per heavy atom. The minimum absolute atomic E-state index is 0.209. The number of carbonyl (C=O) groups is 1. The number of nitrogens with one attached hydrogen (secondary N) is 1. The fraction of sp³-hybridized carbons (Fsp3) is 0.571. The van der Waals surface area contributed by atoms with Crippen LogP contribution in [-0.2, 0) is 0 Å². The molecule has 1 heterocycles. The van der Waals surface area contributed by atoms with Gasteiger partial charge in [0, 0.05) is 17.5 Å². The SMILES string of the molecule is CCC(CSC)Nc1cc(C(=O)O)cc(C(C)C)n1. The van der Waals surface area contributed by atoms with E-state index in [4.69, 9.17) is 5.11 Å². The molecule has 0 radical (unpaired) electrons. The average Bonchev–Trinajstić information content (AvgIpc) is 2.37. The summed E-state index contributed by atoms with van der Waals surface area (Å²) in [5.41, 5.74) is 1.10. The van der Waals surface area contributed by atoms with Gasteiger partial charge >= 0.3 is 5.97 Å². The van der Waals surface area contributed by atoms with E-state index in [2.05, 4.69) is 23.5 Å². The van der Waals surface area contributed by atoms with Gasteiger partial charge in [-0.15, -0.1) is 0 Å². The molecule has 19 heavy (non-hydrogen) atoms. The zero-order chi connectivity index (χ0) is 14.4. The second-order valence-electron chi connectivity index (χ2n) is 4.83. The van der Waals surface area contributed by atoms with Gasteiger partial charge in [-0.25, -0.2) is 9.78 Å². The summed E-state index contributed by atoms with van der Waals surface area (Å²) < 4.78 is 0. The fourth-order valence-electron chi connectivity index (χ4n) is 1.72. The molecular formula is C14H22N2O2S. The Kier molecular flexibility index (Phi) is 6.15. The van der Waals surface area contributed by atoms with Crippen molar-refractivity contribution in [3.05, 3.63) is 23.4 Å². The van der Waals surface area contributed by atoms with Crippen molar-refractivity contribution in [2.24, 2.45) is 0 Å². The summed E-state index contributed by atoms with van der Waals surface area (Å²) in [5.74, 6) is 0.933. The van der Waals surface area contributed by atoms with Crippen LogP contribution in [0.2, 0.25) is 0 Å². The van der Waals surface area contributed by atoms with Crippen LogP contribution in [0.25, 0.3) is 0 Å². The highest BCUT2D eigenvalue weighted by atomic mass is 32.2. The molecule has 0 bridgehead atoms. The van der Waals surface area contributed by atoms with E-state index in [1.54, 1.807) is 23.9 Å². The van der Waals surface area contributed by atoms with Crippen LogP contribution >= 0.6 is 11.8 Å². The van der Waals surface area contributed by atoms with Crippen LogP contribution in [0.15, 0.2) is 12.1 Å². The Morgan fingerprint density at radius 3 is 2.63 bits per heavy atom. The molecule has 0 aliphatic carbocycles. The van der Waals surface area contributed by atoms with Crippen LogP contribution in [0.4, 0.5) is 5.82 Å². The van der Waals surface area contributed by atoms with Crippen molar-refractivity contribution in [2.75, 3.05) is 17.3 Å². The zero-order valence-corrected chi connectivity index (χ0v) is 12.8. The molecule has 2 N–H and O–H groups in total. The Bertz CT molecular complexity index is 435. The molecule has 1 atom stereocenters. The van der Waals surface area contributed by atoms with Gasteiger partial charge in [0.15, 0.2) is 0 Å². The second kappa shape index (κ2) is 7.38. The minimum atomic E-state index is -0.912. The van der Waals surface area contributed by atoms with Crippen molar-refractivity contribution in [3.63, 3.8) is 0 Å². The van der Waals surface area contributed by atoms with Crippen molar-refractivity contribution in [1.29, 1.82) is 0 Å². The second-order valence-corrected chi connectivity index (χ2v) is 5.74. The van der Waals surface area contributed by atoms with E-state index in [9.17, 15) is 4.79 Å². The molecule has 0 aliphatic rings. The number of aromatic carboxylic acids is 1. The smallest absolute Gasteiger partial charge is 0.335 e. The van der Waals surface area contributed by atoms with Crippen molar-refractivity contribution in [3.8, 4) is 0 Å². The summed E-state index contributed by atoms with van der Waals surface area (Å²) in [7, 11) is 0. The number of aromatic nitrogens is 1.